The van der Waals surface area contributed by atoms with Gasteiger partial charge in [-0.3, -0.25) is 0 Å². The molecule has 0 bridgehead atoms. The number of ether oxygens (including phenoxy) is 1. The Morgan fingerprint density at radius 1 is 1.18 bits per heavy atom. The van der Waals surface area contributed by atoms with Crippen LogP contribution in [-0.4, -0.2) is 17.2 Å². The summed E-state index contributed by atoms with van der Waals surface area (Å²) in [5, 5.41) is 9.10. The highest BCUT2D eigenvalue weighted by molar-refractivity contribution is 5.92. The number of carboxylic acid groups (broad SMARTS) is 1. The SMILES string of the molecule is CC1C=C(c2cccc(F)c2F)c2cc(C(=O)O)ccc2O1. The minimum atomic E-state index is -1.10. The fourth-order valence-electron chi connectivity index (χ4n) is 2.48. The van der Waals surface area contributed by atoms with Crippen molar-refractivity contribution in [2.24, 2.45) is 0 Å². The molecule has 0 spiro atoms. The number of hydrogen-bond acceptors (Lipinski definition) is 2. The fourth-order valence-corrected chi connectivity index (χ4v) is 2.48. The molecule has 3 nitrogen and oxygen atoms in total. The predicted octanol–water partition coefficient (Wildman–Crippen LogP) is 3.88. The van der Waals surface area contributed by atoms with E-state index in [1.165, 1.54) is 30.3 Å². The lowest BCUT2D eigenvalue weighted by Crippen LogP contribution is -2.16. The number of aromatic carboxylic acids is 1. The van der Waals surface area contributed by atoms with Crippen molar-refractivity contribution < 1.29 is 23.4 Å². The average Bonchev–Trinajstić information content (AvgIpc) is 2.48. The van der Waals surface area contributed by atoms with Gasteiger partial charge in [0, 0.05) is 11.1 Å². The molecule has 2 aromatic carbocycles. The third-order valence-electron chi connectivity index (χ3n) is 3.47. The fraction of sp³-hybridized carbons (Fsp3) is 0.118. The highest BCUT2D eigenvalue weighted by Gasteiger charge is 2.23. The number of halogens is 2. The summed E-state index contributed by atoms with van der Waals surface area (Å²) in [4.78, 5) is 11.1. The second-order valence-electron chi connectivity index (χ2n) is 5.02. The first kappa shape index (κ1) is 14.3. The lowest BCUT2D eigenvalue weighted by Gasteiger charge is -2.24. The lowest BCUT2D eigenvalue weighted by molar-refractivity contribution is 0.0697. The van der Waals surface area contributed by atoms with Gasteiger partial charge in [0.1, 0.15) is 11.9 Å². The van der Waals surface area contributed by atoms with Gasteiger partial charge >= 0.3 is 5.97 Å². The van der Waals surface area contributed by atoms with Crippen LogP contribution >= 0.6 is 0 Å². The second-order valence-corrected chi connectivity index (χ2v) is 5.02. The Morgan fingerprint density at radius 2 is 1.95 bits per heavy atom. The zero-order chi connectivity index (χ0) is 15.9. The van der Waals surface area contributed by atoms with E-state index >= 15 is 0 Å². The summed E-state index contributed by atoms with van der Waals surface area (Å²) in [5.74, 6) is -2.57. The topological polar surface area (TPSA) is 46.5 Å². The predicted molar refractivity (Wildman–Crippen MR) is 76.9 cm³/mol. The zero-order valence-electron chi connectivity index (χ0n) is 11.6. The van der Waals surface area contributed by atoms with Crippen molar-refractivity contribution in [2.75, 3.05) is 0 Å². The van der Waals surface area contributed by atoms with Gasteiger partial charge in [0.2, 0.25) is 0 Å². The number of fused-ring (bicyclic) bond motifs is 1. The monoisotopic (exact) mass is 302 g/mol. The van der Waals surface area contributed by atoms with Gasteiger partial charge in [-0.1, -0.05) is 12.1 Å². The molecule has 5 heteroatoms. The molecule has 0 saturated carbocycles. The molecular weight excluding hydrogens is 290 g/mol. The molecule has 3 rings (SSSR count). The van der Waals surface area contributed by atoms with Crippen LogP contribution in [0.15, 0.2) is 42.5 Å². The Kier molecular flexibility index (Phi) is 3.41. The molecule has 112 valence electrons. The molecule has 1 aliphatic heterocycles. The van der Waals surface area contributed by atoms with E-state index in [0.29, 0.717) is 16.9 Å². The Bertz CT molecular complexity index is 796. The van der Waals surface area contributed by atoms with Gasteiger partial charge in [-0.25, -0.2) is 13.6 Å². The van der Waals surface area contributed by atoms with Gasteiger partial charge in [0.15, 0.2) is 11.6 Å². The molecule has 1 N–H and O–H groups in total. The van der Waals surface area contributed by atoms with E-state index in [1.807, 2.05) is 0 Å². The number of carbonyl (C=O) groups is 1. The summed E-state index contributed by atoms with van der Waals surface area (Å²) in [6.07, 6.45) is 1.31. The van der Waals surface area contributed by atoms with E-state index in [4.69, 9.17) is 9.84 Å². The van der Waals surface area contributed by atoms with Gasteiger partial charge in [-0.15, -0.1) is 0 Å². The Labute approximate surface area is 125 Å². The summed E-state index contributed by atoms with van der Waals surface area (Å²) in [6, 6.07) is 8.25. The summed E-state index contributed by atoms with van der Waals surface area (Å²) < 4.78 is 33.2. The quantitative estimate of drug-likeness (QED) is 0.916. The van der Waals surface area contributed by atoms with Crippen molar-refractivity contribution in [1.82, 2.24) is 0 Å². The number of hydrogen-bond donors (Lipinski definition) is 1. The van der Waals surface area contributed by atoms with Crippen LogP contribution in [0.5, 0.6) is 5.75 Å². The molecule has 22 heavy (non-hydrogen) atoms. The van der Waals surface area contributed by atoms with Crippen molar-refractivity contribution >= 4 is 11.5 Å². The highest BCUT2D eigenvalue weighted by Crippen LogP contribution is 2.37. The van der Waals surface area contributed by atoms with Crippen LogP contribution in [0.2, 0.25) is 0 Å². The Morgan fingerprint density at radius 3 is 2.68 bits per heavy atom. The lowest BCUT2D eigenvalue weighted by atomic mass is 9.92. The zero-order valence-corrected chi connectivity index (χ0v) is 11.6. The smallest absolute Gasteiger partial charge is 0.335 e. The second kappa shape index (κ2) is 5.26. The molecule has 0 saturated heterocycles. The van der Waals surface area contributed by atoms with Crippen molar-refractivity contribution in [3.8, 4) is 5.75 Å². The van der Waals surface area contributed by atoms with Crippen molar-refractivity contribution in [3.05, 3.63) is 70.8 Å². The minimum Gasteiger partial charge on any atom is -0.486 e. The molecule has 0 fully saturated rings. The van der Waals surface area contributed by atoms with Crippen molar-refractivity contribution in [3.63, 3.8) is 0 Å². The van der Waals surface area contributed by atoms with Crippen LogP contribution in [0, 0.1) is 11.6 Å². The van der Waals surface area contributed by atoms with Gasteiger partial charge in [-0.05, 0) is 42.8 Å². The number of benzene rings is 2. The summed E-state index contributed by atoms with van der Waals surface area (Å²) in [6.45, 7) is 1.77. The third-order valence-corrected chi connectivity index (χ3v) is 3.47. The first-order valence-corrected chi connectivity index (χ1v) is 6.68. The van der Waals surface area contributed by atoms with Gasteiger partial charge in [0.05, 0.1) is 5.56 Å². The first-order chi connectivity index (χ1) is 10.5. The van der Waals surface area contributed by atoms with Crippen LogP contribution < -0.4 is 4.74 Å². The molecule has 1 heterocycles. The van der Waals surface area contributed by atoms with Crippen LogP contribution in [0.25, 0.3) is 5.57 Å². The molecule has 1 atom stereocenters. The maximum atomic E-state index is 14.1. The van der Waals surface area contributed by atoms with Crippen LogP contribution in [0.4, 0.5) is 8.78 Å². The third kappa shape index (κ3) is 2.35. The summed E-state index contributed by atoms with van der Waals surface area (Å²) in [7, 11) is 0. The van der Waals surface area contributed by atoms with Crippen molar-refractivity contribution in [1.29, 1.82) is 0 Å². The van der Waals surface area contributed by atoms with Crippen LogP contribution in [0.3, 0.4) is 0 Å². The normalized spacial score (nSPS) is 16.5. The average molecular weight is 302 g/mol. The van der Waals surface area contributed by atoms with E-state index in [2.05, 4.69) is 0 Å². The van der Waals surface area contributed by atoms with Gasteiger partial charge < -0.3 is 9.84 Å². The first-order valence-electron chi connectivity index (χ1n) is 6.68. The van der Waals surface area contributed by atoms with Crippen LogP contribution in [-0.2, 0) is 0 Å². The number of carboxylic acids is 1. The molecule has 0 amide bonds. The maximum Gasteiger partial charge on any atom is 0.335 e. The standard InChI is InChI=1S/C17H12F2O3/c1-9-7-12(11-3-2-4-14(18)16(11)19)13-8-10(17(20)21)5-6-15(13)22-9/h2-9H,1H3,(H,20,21). The van der Waals surface area contributed by atoms with Crippen molar-refractivity contribution in [2.45, 2.75) is 13.0 Å². The number of rotatable bonds is 2. The molecule has 0 aliphatic carbocycles. The molecule has 1 aliphatic rings. The summed E-state index contributed by atoms with van der Waals surface area (Å²) in [5.41, 5.74) is 0.995. The largest absolute Gasteiger partial charge is 0.486 e. The Balaban J connectivity index is 2.22. The summed E-state index contributed by atoms with van der Waals surface area (Å²) >= 11 is 0. The van der Waals surface area contributed by atoms with Gasteiger partial charge in [0.25, 0.3) is 0 Å². The maximum absolute atomic E-state index is 14.1. The van der Waals surface area contributed by atoms with E-state index < -0.39 is 17.6 Å². The van der Waals surface area contributed by atoms with E-state index in [9.17, 15) is 13.6 Å². The van der Waals surface area contributed by atoms with E-state index in [-0.39, 0.29) is 17.2 Å². The molecule has 0 aromatic heterocycles. The molecule has 2 aromatic rings. The molecule has 0 radical (unpaired) electrons. The Hall–Kier alpha value is -2.69. The highest BCUT2D eigenvalue weighted by atomic mass is 19.2. The van der Waals surface area contributed by atoms with E-state index in [0.717, 1.165) is 6.07 Å². The van der Waals surface area contributed by atoms with Crippen LogP contribution in [0.1, 0.15) is 28.4 Å². The molecule has 1 unspecified atom stereocenters. The minimum absolute atomic E-state index is 0.0552. The van der Waals surface area contributed by atoms with Gasteiger partial charge in [-0.2, -0.15) is 0 Å². The molecular formula is C17H12F2O3. The van der Waals surface area contributed by atoms with E-state index in [1.54, 1.807) is 13.0 Å².